The second-order valence-corrected chi connectivity index (χ2v) is 5.66. The number of likely N-dealkylation sites (tertiary alicyclic amines) is 2. The Balaban J connectivity index is 1.92. The van der Waals surface area contributed by atoms with Crippen LogP contribution in [0.15, 0.2) is 0 Å². The Kier molecular flexibility index (Phi) is 5.01. The number of nitrogens with one attached hydrogen (secondary N) is 1. The molecule has 18 heavy (non-hydrogen) atoms. The van der Waals surface area contributed by atoms with Crippen molar-refractivity contribution in [2.75, 3.05) is 33.2 Å². The highest BCUT2D eigenvalue weighted by atomic mass is 16.2. The molecule has 2 fully saturated rings. The number of piperidine rings is 1. The predicted octanol–water partition coefficient (Wildman–Crippen LogP) is 1.07. The second kappa shape index (κ2) is 6.53. The van der Waals surface area contributed by atoms with E-state index in [2.05, 4.69) is 17.1 Å². The number of hydrogen-bond donors (Lipinski definition) is 1. The highest BCUT2D eigenvalue weighted by Crippen LogP contribution is 2.24. The Morgan fingerprint density at radius 1 is 1.28 bits per heavy atom. The summed E-state index contributed by atoms with van der Waals surface area (Å²) >= 11 is 0. The Morgan fingerprint density at radius 3 is 2.78 bits per heavy atom. The summed E-state index contributed by atoms with van der Waals surface area (Å²) in [7, 11) is 1.93. The van der Waals surface area contributed by atoms with Crippen molar-refractivity contribution in [3.8, 4) is 0 Å². The molecule has 0 saturated carbocycles. The van der Waals surface area contributed by atoms with E-state index in [1.165, 1.54) is 25.7 Å². The summed E-state index contributed by atoms with van der Waals surface area (Å²) in [5.41, 5.74) is 0. The van der Waals surface area contributed by atoms with Gasteiger partial charge in [0.05, 0.1) is 6.04 Å². The van der Waals surface area contributed by atoms with Gasteiger partial charge >= 0.3 is 0 Å². The fourth-order valence-electron chi connectivity index (χ4n) is 3.21. The van der Waals surface area contributed by atoms with Crippen LogP contribution in [0.3, 0.4) is 0 Å². The van der Waals surface area contributed by atoms with Crippen molar-refractivity contribution >= 4 is 5.91 Å². The highest BCUT2D eigenvalue weighted by Gasteiger charge is 2.37. The van der Waals surface area contributed by atoms with Gasteiger partial charge in [0.15, 0.2) is 0 Å². The van der Waals surface area contributed by atoms with Crippen LogP contribution in [0, 0.1) is 0 Å². The molecule has 2 unspecified atom stereocenters. The normalized spacial score (nSPS) is 30.1. The third-order valence-electron chi connectivity index (χ3n) is 4.28. The van der Waals surface area contributed by atoms with E-state index in [0.29, 0.717) is 11.9 Å². The SMILES string of the molecule is CCCNCC1CCCCN1C1CCN(C)C1=O. The zero-order valence-corrected chi connectivity index (χ0v) is 11.8. The molecule has 2 rings (SSSR count). The molecule has 0 bridgehead atoms. The summed E-state index contributed by atoms with van der Waals surface area (Å²) in [6.45, 7) is 6.35. The van der Waals surface area contributed by atoms with Crippen LogP contribution in [-0.2, 0) is 4.79 Å². The van der Waals surface area contributed by atoms with Crippen LogP contribution in [0.4, 0.5) is 0 Å². The van der Waals surface area contributed by atoms with Crippen molar-refractivity contribution in [1.82, 2.24) is 15.1 Å². The fourth-order valence-corrected chi connectivity index (χ4v) is 3.21. The van der Waals surface area contributed by atoms with Crippen molar-refractivity contribution in [3.63, 3.8) is 0 Å². The molecular weight excluding hydrogens is 226 g/mol. The van der Waals surface area contributed by atoms with E-state index in [-0.39, 0.29) is 6.04 Å². The maximum atomic E-state index is 12.1. The van der Waals surface area contributed by atoms with Crippen LogP contribution in [0.25, 0.3) is 0 Å². The van der Waals surface area contributed by atoms with Gasteiger partial charge in [-0.1, -0.05) is 13.3 Å². The number of hydrogen-bond acceptors (Lipinski definition) is 3. The molecule has 0 aromatic rings. The van der Waals surface area contributed by atoms with Gasteiger partial charge in [-0.05, 0) is 38.8 Å². The van der Waals surface area contributed by atoms with Crippen LogP contribution in [0.1, 0.15) is 39.0 Å². The van der Waals surface area contributed by atoms with Gasteiger partial charge in [-0.2, -0.15) is 0 Å². The second-order valence-electron chi connectivity index (χ2n) is 5.66. The van der Waals surface area contributed by atoms with Crippen molar-refractivity contribution < 1.29 is 4.79 Å². The average molecular weight is 253 g/mol. The summed E-state index contributed by atoms with van der Waals surface area (Å²) in [4.78, 5) is 16.5. The van der Waals surface area contributed by atoms with Crippen LogP contribution in [0.5, 0.6) is 0 Å². The third kappa shape index (κ3) is 3.04. The average Bonchev–Trinajstić information content (AvgIpc) is 2.71. The van der Waals surface area contributed by atoms with Gasteiger partial charge in [-0.15, -0.1) is 0 Å². The van der Waals surface area contributed by atoms with Gasteiger partial charge in [0, 0.05) is 26.2 Å². The van der Waals surface area contributed by atoms with Crippen LogP contribution in [0.2, 0.25) is 0 Å². The zero-order valence-electron chi connectivity index (χ0n) is 11.8. The first-order valence-corrected chi connectivity index (χ1v) is 7.45. The fraction of sp³-hybridized carbons (Fsp3) is 0.929. The molecule has 104 valence electrons. The van der Waals surface area contributed by atoms with Crippen molar-refractivity contribution in [1.29, 1.82) is 0 Å². The molecule has 0 spiro atoms. The maximum absolute atomic E-state index is 12.1. The largest absolute Gasteiger partial charge is 0.344 e. The lowest BCUT2D eigenvalue weighted by atomic mass is 9.99. The predicted molar refractivity (Wildman–Crippen MR) is 73.5 cm³/mol. The molecular formula is C14H27N3O. The first-order valence-electron chi connectivity index (χ1n) is 7.45. The topological polar surface area (TPSA) is 35.6 Å². The van der Waals surface area contributed by atoms with E-state index in [1.54, 1.807) is 0 Å². The minimum absolute atomic E-state index is 0.156. The molecule has 4 heteroatoms. The van der Waals surface area contributed by atoms with Crippen LogP contribution >= 0.6 is 0 Å². The van der Waals surface area contributed by atoms with Gasteiger partial charge in [0.25, 0.3) is 0 Å². The molecule has 1 amide bonds. The Hall–Kier alpha value is -0.610. The lowest BCUT2D eigenvalue weighted by Crippen LogP contribution is -2.52. The number of carbonyl (C=O) groups is 1. The summed E-state index contributed by atoms with van der Waals surface area (Å²) in [5.74, 6) is 0.331. The molecule has 0 aliphatic carbocycles. The van der Waals surface area contributed by atoms with E-state index in [4.69, 9.17) is 0 Å². The van der Waals surface area contributed by atoms with Crippen LogP contribution < -0.4 is 5.32 Å². The van der Waals surface area contributed by atoms with E-state index < -0.39 is 0 Å². The van der Waals surface area contributed by atoms with Crippen LogP contribution in [-0.4, -0.2) is 61.0 Å². The standard InChI is InChI=1S/C14H27N3O/c1-3-8-15-11-12-6-4-5-9-17(12)13-7-10-16(2)14(13)18/h12-13,15H,3-11H2,1-2H3. The molecule has 0 radical (unpaired) electrons. The summed E-state index contributed by atoms with van der Waals surface area (Å²) in [6.07, 6.45) is 5.99. The summed E-state index contributed by atoms with van der Waals surface area (Å²) in [5, 5.41) is 3.52. The highest BCUT2D eigenvalue weighted by molar-refractivity contribution is 5.83. The van der Waals surface area contributed by atoms with E-state index >= 15 is 0 Å². The molecule has 2 heterocycles. The number of rotatable bonds is 5. The lowest BCUT2D eigenvalue weighted by molar-refractivity contribution is -0.132. The van der Waals surface area contributed by atoms with Gasteiger partial charge in [0.2, 0.25) is 5.91 Å². The number of carbonyl (C=O) groups excluding carboxylic acids is 1. The first kappa shape index (κ1) is 13.8. The van der Waals surface area contributed by atoms with E-state index in [1.807, 2.05) is 11.9 Å². The Labute approximate surface area is 111 Å². The molecule has 4 nitrogen and oxygen atoms in total. The Morgan fingerprint density at radius 2 is 2.11 bits per heavy atom. The quantitative estimate of drug-likeness (QED) is 0.745. The van der Waals surface area contributed by atoms with E-state index in [9.17, 15) is 4.79 Å². The lowest BCUT2D eigenvalue weighted by Gasteiger charge is -2.39. The minimum atomic E-state index is 0.156. The number of amides is 1. The summed E-state index contributed by atoms with van der Waals surface area (Å²) < 4.78 is 0. The van der Waals surface area contributed by atoms with Gasteiger partial charge in [0.1, 0.15) is 0 Å². The molecule has 2 aliphatic rings. The van der Waals surface area contributed by atoms with Crippen molar-refractivity contribution in [2.45, 2.75) is 51.1 Å². The monoisotopic (exact) mass is 253 g/mol. The minimum Gasteiger partial charge on any atom is -0.344 e. The first-order chi connectivity index (χ1) is 8.74. The van der Waals surface area contributed by atoms with Gasteiger partial charge in [-0.25, -0.2) is 0 Å². The van der Waals surface area contributed by atoms with Crippen molar-refractivity contribution in [2.24, 2.45) is 0 Å². The Bertz CT molecular complexity index is 282. The molecule has 2 saturated heterocycles. The third-order valence-corrected chi connectivity index (χ3v) is 4.28. The molecule has 1 N–H and O–H groups in total. The zero-order chi connectivity index (χ0) is 13.0. The maximum Gasteiger partial charge on any atom is 0.239 e. The number of nitrogens with zero attached hydrogens (tertiary/aromatic N) is 2. The molecule has 0 aromatic carbocycles. The van der Waals surface area contributed by atoms with E-state index in [0.717, 1.165) is 32.6 Å². The smallest absolute Gasteiger partial charge is 0.239 e. The van der Waals surface area contributed by atoms with Crippen molar-refractivity contribution in [3.05, 3.63) is 0 Å². The molecule has 0 aromatic heterocycles. The molecule has 2 aliphatic heterocycles. The molecule has 2 atom stereocenters. The van der Waals surface area contributed by atoms with Gasteiger partial charge in [-0.3, -0.25) is 9.69 Å². The number of likely N-dealkylation sites (N-methyl/N-ethyl adjacent to an activating group) is 1. The van der Waals surface area contributed by atoms with Gasteiger partial charge < -0.3 is 10.2 Å². The summed E-state index contributed by atoms with van der Waals surface area (Å²) in [6, 6.07) is 0.717.